The topological polar surface area (TPSA) is 78.8 Å². The second-order valence-corrected chi connectivity index (χ2v) is 12.4. The first-order chi connectivity index (χ1) is 19.4. The number of piperazine rings is 1. The predicted octanol–water partition coefficient (Wildman–Crippen LogP) is 4.31. The number of hydrogen-bond acceptors (Lipinski definition) is 5. The fourth-order valence-corrected chi connectivity index (χ4v) is 6.46. The summed E-state index contributed by atoms with van der Waals surface area (Å²) in [6.07, 6.45) is 0. The van der Waals surface area contributed by atoms with E-state index >= 15 is 0 Å². The molecule has 41 heavy (non-hydrogen) atoms. The van der Waals surface area contributed by atoms with E-state index in [4.69, 9.17) is 5.10 Å². The van der Waals surface area contributed by atoms with E-state index in [1.54, 1.807) is 32.7 Å². The molecule has 0 radical (unpaired) electrons. The number of benzene rings is 2. The van der Waals surface area contributed by atoms with Gasteiger partial charge in [0.1, 0.15) is 24.0 Å². The van der Waals surface area contributed by atoms with Crippen LogP contribution < -0.4 is 4.90 Å². The van der Waals surface area contributed by atoms with E-state index in [1.165, 1.54) is 47.9 Å². The Morgan fingerprint density at radius 2 is 1.63 bits per heavy atom. The van der Waals surface area contributed by atoms with E-state index in [0.29, 0.717) is 48.9 Å². The van der Waals surface area contributed by atoms with Gasteiger partial charge in [0, 0.05) is 44.1 Å². The lowest BCUT2D eigenvalue weighted by Gasteiger charge is -2.35. The van der Waals surface area contributed by atoms with Crippen molar-refractivity contribution in [2.75, 3.05) is 43.4 Å². The standard InChI is InChI=1S/C30H33F2N5O3S/c1-19(38)34-12-14-35(15-13-34)24(39)17-36-25(40)18-41-27(20-6-5-7-22(32)16-20)26-28(30(2,3)4)33-37(29(26)36)23-10-8-21(31)9-11-23/h5-11,16,27H,12-15,17-18H2,1-4H3/t27-/m0/s1. The van der Waals surface area contributed by atoms with Crippen molar-refractivity contribution in [3.8, 4) is 5.69 Å². The number of carbonyl (C=O) groups is 3. The van der Waals surface area contributed by atoms with Crippen molar-refractivity contribution in [3.05, 3.63) is 77.0 Å². The molecular formula is C30H33F2N5O3S. The predicted molar refractivity (Wildman–Crippen MR) is 154 cm³/mol. The van der Waals surface area contributed by atoms with Crippen molar-refractivity contribution in [1.29, 1.82) is 0 Å². The molecule has 3 aromatic rings. The van der Waals surface area contributed by atoms with Crippen LogP contribution in [0.1, 0.15) is 49.8 Å². The van der Waals surface area contributed by atoms with Crippen LogP contribution >= 0.6 is 11.8 Å². The zero-order valence-electron chi connectivity index (χ0n) is 23.6. The molecule has 2 aliphatic rings. The van der Waals surface area contributed by atoms with Crippen LogP contribution in [0.15, 0.2) is 48.5 Å². The lowest BCUT2D eigenvalue weighted by Crippen LogP contribution is -2.53. The maximum absolute atomic E-state index is 14.4. The fourth-order valence-electron chi connectivity index (χ4n) is 5.27. The first-order valence-electron chi connectivity index (χ1n) is 13.5. The maximum atomic E-state index is 14.4. The Bertz CT molecular complexity index is 1480. The summed E-state index contributed by atoms with van der Waals surface area (Å²) in [6, 6.07) is 12.1. The van der Waals surface area contributed by atoms with Crippen LogP contribution in [-0.2, 0) is 19.8 Å². The highest BCUT2D eigenvalue weighted by Crippen LogP contribution is 2.48. The molecule has 3 amide bonds. The first kappa shape index (κ1) is 28.8. The van der Waals surface area contributed by atoms with Crippen LogP contribution in [0.4, 0.5) is 14.6 Å². The normalized spacial score (nSPS) is 17.9. The third-order valence-electron chi connectivity index (χ3n) is 7.39. The quantitative estimate of drug-likeness (QED) is 0.459. The van der Waals surface area contributed by atoms with Crippen molar-refractivity contribution >= 4 is 35.3 Å². The molecule has 3 heterocycles. The minimum Gasteiger partial charge on any atom is -0.339 e. The number of hydrogen-bond donors (Lipinski definition) is 0. The number of thioether (sulfide) groups is 1. The number of nitrogens with zero attached hydrogens (tertiary/aromatic N) is 5. The van der Waals surface area contributed by atoms with Crippen LogP contribution in [0, 0.1) is 11.6 Å². The zero-order valence-corrected chi connectivity index (χ0v) is 24.4. The molecule has 1 saturated heterocycles. The van der Waals surface area contributed by atoms with Gasteiger partial charge < -0.3 is 9.80 Å². The molecule has 5 rings (SSSR count). The zero-order chi connectivity index (χ0) is 29.5. The number of aromatic nitrogens is 2. The molecule has 2 aliphatic heterocycles. The van der Waals surface area contributed by atoms with Gasteiger partial charge >= 0.3 is 0 Å². The highest BCUT2D eigenvalue weighted by molar-refractivity contribution is 8.00. The molecule has 1 fully saturated rings. The molecule has 2 aromatic carbocycles. The Morgan fingerprint density at radius 3 is 2.24 bits per heavy atom. The molecule has 216 valence electrons. The van der Waals surface area contributed by atoms with Crippen LogP contribution in [-0.4, -0.2) is 75.8 Å². The van der Waals surface area contributed by atoms with Gasteiger partial charge in [0.2, 0.25) is 17.7 Å². The van der Waals surface area contributed by atoms with Crippen molar-refractivity contribution in [3.63, 3.8) is 0 Å². The molecule has 0 unspecified atom stereocenters. The Balaban J connectivity index is 1.65. The molecule has 1 aromatic heterocycles. The number of halogens is 2. The number of carbonyl (C=O) groups excluding carboxylic acids is 3. The van der Waals surface area contributed by atoms with Crippen LogP contribution in [0.5, 0.6) is 0 Å². The van der Waals surface area contributed by atoms with Gasteiger partial charge in [0.05, 0.1) is 22.4 Å². The molecular weight excluding hydrogens is 548 g/mol. The first-order valence-corrected chi connectivity index (χ1v) is 14.6. The second kappa shape index (κ2) is 11.3. The average molecular weight is 582 g/mol. The Hall–Kier alpha value is -3.73. The summed E-state index contributed by atoms with van der Waals surface area (Å²) in [4.78, 5) is 44.0. The van der Waals surface area contributed by atoms with Crippen molar-refractivity contribution in [2.45, 2.75) is 38.4 Å². The largest absolute Gasteiger partial charge is 0.339 e. The average Bonchev–Trinajstić information content (AvgIpc) is 3.26. The Kier molecular flexibility index (Phi) is 7.91. The molecule has 0 aliphatic carbocycles. The van der Waals surface area contributed by atoms with Crippen molar-refractivity contribution < 1.29 is 23.2 Å². The fraction of sp³-hybridized carbons (Fsp3) is 0.400. The van der Waals surface area contributed by atoms with E-state index < -0.39 is 16.5 Å². The Morgan fingerprint density at radius 1 is 0.976 bits per heavy atom. The number of rotatable bonds is 4. The minimum atomic E-state index is -0.479. The van der Waals surface area contributed by atoms with Crippen molar-refractivity contribution in [1.82, 2.24) is 19.6 Å². The van der Waals surface area contributed by atoms with Crippen LogP contribution in [0.25, 0.3) is 5.69 Å². The number of anilines is 1. The number of fused-ring (bicyclic) bond motifs is 1. The summed E-state index contributed by atoms with van der Waals surface area (Å²) in [6.45, 7) is 8.91. The maximum Gasteiger partial charge on any atom is 0.242 e. The van der Waals surface area contributed by atoms with Gasteiger partial charge in [0.15, 0.2) is 0 Å². The van der Waals surface area contributed by atoms with Gasteiger partial charge in [-0.1, -0.05) is 32.9 Å². The van der Waals surface area contributed by atoms with E-state index in [1.807, 2.05) is 26.8 Å². The Labute approximate surface area is 242 Å². The van der Waals surface area contributed by atoms with Crippen LogP contribution in [0.3, 0.4) is 0 Å². The summed E-state index contributed by atoms with van der Waals surface area (Å²) in [5.41, 5.74) is 2.15. The molecule has 0 N–H and O–H groups in total. The molecule has 0 bridgehead atoms. The van der Waals surface area contributed by atoms with E-state index in [9.17, 15) is 23.2 Å². The second-order valence-electron chi connectivity index (χ2n) is 11.3. The van der Waals surface area contributed by atoms with Gasteiger partial charge in [-0.25, -0.2) is 13.5 Å². The third-order valence-corrected chi connectivity index (χ3v) is 8.65. The highest BCUT2D eigenvalue weighted by atomic mass is 32.2. The molecule has 1 atom stereocenters. The summed E-state index contributed by atoms with van der Waals surface area (Å²) in [5.74, 6) is -0.886. The van der Waals surface area contributed by atoms with E-state index in [-0.39, 0.29) is 35.8 Å². The third kappa shape index (κ3) is 5.86. The molecule has 0 saturated carbocycles. The summed E-state index contributed by atoms with van der Waals surface area (Å²) in [7, 11) is 0. The summed E-state index contributed by atoms with van der Waals surface area (Å²) >= 11 is 1.37. The summed E-state index contributed by atoms with van der Waals surface area (Å²) in [5, 5.41) is 4.52. The lowest BCUT2D eigenvalue weighted by atomic mass is 9.87. The minimum absolute atomic E-state index is 0.0391. The number of amides is 3. The SMILES string of the molecule is CC(=O)N1CCN(C(=O)CN2C(=O)CS[C@@H](c3cccc(F)c3)c3c(C(C)(C)C)nn(-c4ccc(F)cc4)c32)CC1. The van der Waals surface area contributed by atoms with E-state index in [2.05, 4.69) is 0 Å². The lowest BCUT2D eigenvalue weighted by molar-refractivity contribution is -0.137. The van der Waals surface area contributed by atoms with Crippen molar-refractivity contribution in [2.24, 2.45) is 0 Å². The smallest absolute Gasteiger partial charge is 0.242 e. The van der Waals surface area contributed by atoms with Gasteiger partial charge in [-0.15, -0.1) is 11.8 Å². The summed E-state index contributed by atoms with van der Waals surface area (Å²) < 4.78 is 29.9. The van der Waals surface area contributed by atoms with E-state index in [0.717, 1.165) is 5.56 Å². The van der Waals surface area contributed by atoms with Gasteiger partial charge in [-0.2, -0.15) is 5.10 Å². The molecule has 0 spiro atoms. The monoisotopic (exact) mass is 581 g/mol. The molecule has 8 nitrogen and oxygen atoms in total. The highest BCUT2D eigenvalue weighted by Gasteiger charge is 2.40. The van der Waals surface area contributed by atoms with Gasteiger partial charge in [-0.05, 0) is 42.0 Å². The van der Waals surface area contributed by atoms with Gasteiger partial charge in [-0.3, -0.25) is 19.3 Å². The van der Waals surface area contributed by atoms with Crippen LogP contribution in [0.2, 0.25) is 0 Å². The molecule has 11 heteroatoms. The van der Waals surface area contributed by atoms with Gasteiger partial charge in [0.25, 0.3) is 0 Å².